The van der Waals surface area contributed by atoms with Gasteiger partial charge in [0.2, 0.25) is 0 Å². The van der Waals surface area contributed by atoms with Crippen molar-refractivity contribution in [2.75, 3.05) is 31.7 Å². The van der Waals surface area contributed by atoms with Gasteiger partial charge in [0, 0.05) is 31.8 Å². The molecule has 1 unspecified atom stereocenters. The maximum Gasteiger partial charge on any atom is 0.128 e. The first-order valence-electron chi connectivity index (χ1n) is 7.07. The van der Waals surface area contributed by atoms with Gasteiger partial charge in [-0.25, -0.2) is 4.98 Å². The Labute approximate surface area is 120 Å². The summed E-state index contributed by atoms with van der Waals surface area (Å²) >= 11 is 5.96. The third kappa shape index (κ3) is 4.08. The van der Waals surface area contributed by atoms with E-state index in [0.29, 0.717) is 11.8 Å². The number of alkyl halides is 1. The van der Waals surface area contributed by atoms with Crippen molar-refractivity contribution in [3.05, 3.63) is 23.4 Å². The molecule has 1 aromatic heterocycles. The number of pyridine rings is 1. The van der Waals surface area contributed by atoms with E-state index in [1.54, 1.807) is 0 Å². The van der Waals surface area contributed by atoms with Gasteiger partial charge in [0.25, 0.3) is 0 Å². The minimum Gasteiger partial charge on any atom is -0.381 e. The molecule has 0 aromatic carbocycles. The van der Waals surface area contributed by atoms with Crippen LogP contribution in [-0.4, -0.2) is 31.8 Å². The van der Waals surface area contributed by atoms with Gasteiger partial charge in [0.15, 0.2) is 0 Å². The fraction of sp³-hybridized carbons (Fsp3) is 0.667. The van der Waals surface area contributed by atoms with E-state index >= 15 is 0 Å². The van der Waals surface area contributed by atoms with Gasteiger partial charge in [-0.2, -0.15) is 0 Å². The molecular weight excluding hydrogens is 260 g/mol. The lowest BCUT2D eigenvalue weighted by Crippen LogP contribution is -2.31. The predicted molar refractivity (Wildman–Crippen MR) is 80.0 cm³/mol. The van der Waals surface area contributed by atoms with Gasteiger partial charge >= 0.3 is 0 Å². The van der Waals surface area contributed by atoms with E-state index in [1.165, 1.54) is 12.8 Å². The monoisotopic (exact) mass is 282 g/mol. The molecule has 1 aliphatic heterocycles. The van der Waals surface area contributed by atoms with Crippen LogP contribution >= 0.6 is 11.6 Å². The summed E-state index contributed by atoms with van der Waals surface area (Å²) in [5.74, 6) is 2.19. The number of anilines is 1. The molecule has 3 nitrogen and oxygen atoms in total. The highest BCUT2D eigenvalue weighted by atomic mass is 35.5. The number of ether oxygens (including phenoxy) is 1. The Bertz CT molecular complexity index is 383. The van der Waals surface area contributed by atoms with Crippen molar-refractivity contribution < 1.29 is 4.74 Å². The number of halogens is 1. The summed E-state index contributed by atoms with van der Waals surface area (Å²) in [6.45, 7) is 4.92. The van der Waals surface area contributed by atoms with Crippen molar-refractivity contribution in [3.8, 4) is 0 Å². The SMILES string of the molecule is CCc1cc(CCl)cc(N(C)CC2CCCOC2)n1. The maximum absolute atomic E-state index is 5.96. The van der Waals surface area contributed by atoms with E-state index < -0.39 is 0 Å². The van der Waals surface area contributed by atoms with Gasteiger partial charge in [0.05, 0.1) is 6.61 Å². The Morgan fingerprint density at radius 3 is 2.95 bits per heavy atom. The molecule has 1 atom stereocenters. The zero-order valence-corrected chi connectivity index (χ0v) is 12.6. The lowest BCUT2D eigenvalue weighted by molar-refractivity contribution is 0.0576. The van der Waals surface area contributed by atoms with Crippen molar-refractivity contribution in [2.24, 2.45) is 5.92 Å². The molecule has 0 saturated carbocycles. The Kier molecular flexibility index (Phi) is 5.46. The van der Waals surface area contributed by atoms with Crippen LogP contribution in [0.3, 0.4) is 0 Å². The summed E-state index contributed by atoms with van der Waals surface area (Å²) in [4.78, 5) is 6.92. The molecule has 0 aliphatic carbocycles. The molecule has 0 spiro atoms. The molecule has 1 saturated heterocycles. The number of aryl methyl sites for hydroxylation is 1. The van der Waals surface area contributed by atoms with Crippen LogP contribution in [0.1, 0.15) is 31.0 Å². The van der Waals surface area contributed by atoms with E-state index in [9.17, 15) is 0 Å². The summed E-state index contributed by atoms with van der Waals surface area (Å²) in [6.07, 6.45) is 3.37. The molecule has 1 fully saturated rings. The molecule has 4 heteroatoms. The van der Waals surface area contributed by atoms with Crippen molar-refractivity contribution in [1.29, 1.82) is 0 Å². The van der Waals surface area contributed by atoms with Crippen LogP contribution in [0.4, 0.5) is 5.82 Å². The molecule has 2 heterocycles. The van der Waals surface area contributed by atoms with Crippen molar-refractivity contribution in [1.82, 2.24) is 4.98 Å². The Hall–Kier alpha value is -0.800. The minimum atomic E-state index is 0.545. The summed E-state index contributed by atoms with van der Waals surface area (Å²) < 4.78 is 5.54. The fourth-order valence-corrected chi connectivity index (χ4v) is 2.67. The first-order valence-corrected chi connectivity index (χ1v) is 7.61. The lowest BCUT2D eigenvalue weighted by atomic mass is 10.0. The van der Waals surface area contributed by atoms with Crippen LogP contribution < -0.4 is 4.90 Å². The molecule has 0 radical (unpaired) electrons. The molecule has 0 bridgehead atoms. The van der Waals surface area contributed by atoms with Crippen LogP contribution in [0.5, 0.6) is 0 Å². The van der Waals surface area contributed by atoms with Crippen LogP contribution in [-0.2, 0) is 17.0 Å². The van der Waals surface area contributed by atoms with E-state index in [1.807, 2.05) is 0 Å². The van der Waals surface area contributed by atoms with E-state index in [-0.39, 0.29) is 0 Å². The standard InChI is InChI=1S/C15H23ClN2O/c1-3-14-7-13(9-16)8-15(17-14)18(2)10-12-5-4-6-19-11-12/h7-8,12H,3-6,9-11H2,1-2H3. The number of nitrogens with zero attached hydrogens (tertiary/aromatic N) is 2. The predicted octanol–water partition coefficient (Wildman–Crippen LogP) is 3.25. The fourth-order valence-electron chi connectivity index (χ4n) is 2.52. The number of rotatable bonds is 5. The Morgan fingerprint density at radius 1 is 1.47 bits per heavy atom. The quantitative estimate of drug-likeness (QED) is 0.775. The van der Waals surface area contributed by atoms with Crippen LogP contribution in [0.2, 0.25) is 0 Å². The van der Waals surface area contributed by atoms with Gasteiger partial charge in [0.1, 0.15) is 5.82 Å². The van der Waals surface area contributed by atoms with Gasteiger partial charge in [-0.3, -0.25) is 0 Å². The Balaban J connectivity index is 2.06. The second-order valence-electron chi connectivity index (χ2n) is 5.28. The van der Waals surface area contributed by atoms with E-state index in [4.69, 9.17) is 21.3 Å². The first-order chi connectivity index (χ1) is 9.22. The van der Waals surface area contributed by atoms with Crippen LogP contribution in [0, 0.1) is 5.92 Å². The topological polar surface area (TPSA) is 25.4 Å². The zero-order valence-electron chi connectivity index (χ0n) is 11.9. The van der Waals surface area contributed by atoms with Crippen LogP contribution in [0.15, 0.2) is 12.1 Å². The second-order valence-corrected chi connectivity index (χ2v) is 5.54. The van der Waals surface area contributed by atoms with Gasteiger partial charge in [-0.1, -0.05) is 6.92 Å². The summed E-state index contributed by atoms with van der Waals surface area (Å²) in [5, 5.41) is 0. The average molecular weight is 283 g/mol. The van der Waals surface area contributed by atoms with E-state index in [2.05, 4.69) is 31.0 Å². The van der Waals surface area contributed by atoms with Crippen molar-refractivity contribution >= 4 is 17.4 Å². The smallest absolute Gasteiger partial charge is 0.128 e. The normalized spacial score (nSPS) is 19.4. The molecule has 19 heavy (non-hydrogen) atoms. The van der Waals surface area contributed by atoms with E-state index in [0.717, 1.165) is 43.3 Å². The van der Waals surface area contributed by atoms with Crippen LogP contribution in [0.25, 0.3) is 0 Å². The second kappa shape index (κ2) is 7.11. The minimum absolute atomic E-state index is 0.545. The molecule has 1 aliphatic rings. The summed E-state index contributed by atoms with van der Waals surface area (Å²) in [6, 6.07) is 4.18. The molecule has 106 valence electrons. The number of hydrogen-bond donors (Lipinski definition) is 0. The Morgan fingerprint density at radius 2 is 2.32 bits per heavy atom. The third-order valence-corrected chi connectivity index (χ3v) is 3.93. The van der Waals surface area contributed by atoms with Gasteiger partial charge < -0.3 is 9.64 Å². The largest absolute Gasteiger partial charge is 0.381 e. The van der Waals surface area contributed by atoms with Crippen molar-refractivity contribution in [2.45, 2.75) is 32.1 Å². The highest BCUT2D eigenvalue weighted by Crippen LogP contribution is 2.20. The molecular formula is C15H23ClN2O. The molecule has 0 amide bonds. The highest BCUT2D eigenvalue weighted by Gasteiger charge is 2.17. The zero-order chi connectivity index (χ0) is 13.7. The summed E-state index contributed by atoms with van der Waals surface area (Å²) in [7, 11) is 2.11. The molecule has 0 N–H and O–H groups in total. The molecule has 2 rings (SSSR count). The summed E-state index contributed by atoms with van der Waals surface area (Å²) in [5.41, 5.74) is 2.26. The third-order valence-electron chi connectivity index (χ3n) is 3.62. The van der Waals surface area contributed by atoms with Gasteiger partial charge in [-0.15, -0.1) is 11.6 Å². The average Bonchev–Trinajstić information content (AvgIpc) is 2.47. The molecule has 1 aromatic rings. The number of hydrogen-bond acceptors (Lipinski definition) is 3. The first kappa shape index (κ1) is 14.6. The van der Waals surface area contributed by atoms with Crippen molar-refractivity contribution in [3.63, 3.8) is 0 Å². The lowest BCUT2D eigenvalue weighted by Gasteiger charge is -2.28. The highest BCUT2D eigenvalue weighted by molar-refractivity contribution is 6.17. The van der Waals surface area contributed by atoms with Gasteiger partial charge in [-0.05, 0) is 42.9 Å². The number of aromatic nitrogens is 1. The maximum atomic E-state index is 5.96.